The Morgan fingerprint density at radius 3 is 2.49 bits per heavy atom. The fourth-order valence-electron chi connectivity index (χ4n) is 5.01. The van der Waals surface area contributed by atoms with Gasteiger partial charge in [0.1, 0.15) is 23.9 Å². The number of hydrogen-bond donors (Lipinski definition) is 1. The summed E-state index contributed by atoms with van der Waals surface area (Å²) in [6.07, 6.45) is -0.0557. The molecule has 0 saturated carbocycles. The van der Waals surface area contributed by atoms with Crippen LogP contribution in [-0.2, 0) is 9.59 Å². The normalized spacial score (nSPS) is 18.3. The van der Waals surface area contributed by atoms with E-state index in [9.17, 15) is 14.7 Å². The van der Waals surface area contributed by atoms with Crippen LogP contribution in [0.4, 0.5) is 17.1 Å². The minimum atomic E-state index is -0.851. The molecule has 1 N–H and O–H groups in total. The summed E-state index contributed by atoms with van der Waals surface area (Å²) in [5, 5.41) is 11.6. The smallest absolute Gasteiger partial charge is 0.300 e. The molecule has 2 aliphatic rings. The maximum atomic E-state index is 13.6. The van der Waals surface area contributed by atoms with Crippen LogP contribution in [0.15, 0.2) is 72.3 Å². The summed E-state index contributed by atoms with van der Waals surface area (Å²) in [7, 11) is 5.81. The van der Waals surface area contributed by atoms with Gasteiger partial charge in [0, 0.05) is 38.1 Å². The zero-order valence-electron chi connectivity index (χ0n) is 22.8. The zero-order valence-corrected chi connectivity index (χ0v) is 22.8. The van der Waals surface area contributed by atoms with Crippen molar-refractivity contribution in [2.75, 3.05) is 49.0 Å². The van der Waals surface area contributed by atoms with Gasteiger partial charge in [0.05, 0.1) is 30.0 Å². The maximum absolute atomic E-state index is 13.6. The van der Waals surface area contributed by atoms with Crippen LogP contribution < -0.4 is 24.2 Å². The fraction of sp³-hybridized carbons (Fsp3) is 0.290. The fourth-order valence-corrected chi connectivity index (χ4v) is 5.01. The van der Waals surface area contributed by atoms with Crippen LogP contribution in [0.5, 0.6) is 11.5 Å². The first-order valence-corrected chi connectivity index (χ1v) is 13.0. The first-order chi connectivity index (χ1) is 18.7. The summed E-state index contributed by atoms with van der Waals surface area (Å²) >= 11 is 0. The quantitative estimate of drug-likeness (QED) is 0.275. The number of aliphatic hydroxyl groups excluding tert-OH is 1. The molecule has 1 fully saturated rings. The number of hydrogen-bond acceptors (Lipinski definition) is 7. The number of nitrogens with zero attached hydrogens (tertiary/aromatic N) is 3. The third kappa shape index (κ3) is 4.90. The Morgan fingerprint density at radius 2 is 1.79 bits per heavy atom. The van der Waals surface area contributed by atoms with E-state index in [1.807, 2.05) is 93.3 Å². The van der Waals surface area contributed by atoms with Gasteiger partial charge in [-0.05, 0) is 74.0 Å². The van der Waals surface area contributed by atoms with Crippen molar-refractivity contribution in [1.82, 2.24) is 0 Å². The van der Waals surface area contributed by atoms with Crippen molar-refractivity contribution < 1.29 is 24.2 Å². The number of ether oxygens (including phenoxy) is 2. The van der Waals surface area contributed by atoms with Crippen LogP contribution in [0.25, 0.3) is 5.76 Å². The molecule has 8 heteroatoms. The van der Waals surface area contributed by atoms with Gasteiger partial charge in [0.15, 0.2) is 0 Å². The third-order valence-electron chi connectivity index (χ3n) is 6.96. The number of Topliss-reactive ketones (excluding diaryl/α,β-unsaturated/α-hetero) is 1. The molecule has 0 spiro atoms. The van der Waals surface area contributed by atoms with E-state index in [2.05, 4.69) is 0 Å². The summed E-state index contributed by atoms with van der Waals surface area (Å²) in [5.74, 6) is -0.359. The van der Waals surface area contributed by atoms with Crippen molar-refractivity contribution in [1.29, 1.82) is 0 Å². The summed E-state index contributed by atoms with van der Waals surface area (Å²) in [6, 6.07) is 19.2. The highest BCUT2D eigenvalue weighted by Crippen LogP contribution is 2.44. The summed E-state index contributed by atoms with van der Waals surface area (Å²) in [6.45, 7) is 5.14. The molecule has 202 valence electrons. The van der Waals surface area contributed by atoms with Gasteiger partial charge < -0.3 is 24.4 Å². The van der Waals surface area contributed by atoms with Crippen molar-refractivity contribution in [2.45, 2.75) is 26.0 Å². The van der Waals surface area contributed by atoms with Crippen molar-refractivity contribution in [3.63, 3.8) is 0 Å². The van der Waals surface area contributed by atoms with E-state index in [4.69, 9.17) is 9.47 Å². The number of amides is 1. The number of anilines is 3. The van der Waals surface area contributed by atoms with Crippen molar-refractivity contribution in [3.8, 4) is 11.5 Å². The molecule has 0 aromatic heterocycles. The average Bonchev–Trinajstić information content (AvgIpc) is 3.18. The van der Waals surface area contributed by atoms with Crippen molar-refractivity contribution in [3.05, 3.63) is 83.4 Å². The molecule has 0 bridgehead atoms. The maximum Gasteiger partial charge on any atom is 0.300 e. The van der Waals surface area contributed by atoms with Crippen LogP contribution in [0.2, 0.25) is 0 Å². The average molecular weight is 528 g/mol. The molecular weight excluding hydrogens is 494 g/mol. The lowest BCUT2D eigenvalue weighted by Gasteiger charge is -2.28. The molecule has 1 atom stereocenters. The number of rotatable bonds is 6. The van der Waals surface area contributed by atoms with E-state index >= 15 is 0 Å². The number of ketones is 1. The van der Waals surface area contributed by atoms with E-state index in [-0.39, 0.29) is 17.4 Å². The molecule has 3 aromatic carbocycles. The van der Waals surface area contributed by atoms with Crippen LogP contribution in [0, 0.1) is 0 Å². The zero-order chi connectivity index (χ0) is 27.8. The van der Waals surface area contributed by atoms with Gasteiger partial charge in [-0.25, -0.2) is 0 Å². The second kappa shape index (κ2) is 10.4. The Balaban J connectivity index is 1.68. The van der Waals surface area contributed by atoms with E-state index < -0.39 is 17.7 Å². The van der Waals surface area contributed by atoms with Crippen LogP contribution in [0.3, 0.4) is 0 Å². The third-order valence-corrected chi connectivity index (χ3v) is 6.96. The van der Waals surface area contributed by atoms with Gasteiger partial charge in [-0.15, -0.1) is 0 Å². The Labute approximate surface area is 228 Å². The highest BCUT2D eigenvalue weighted by Gasteiger charge is 2.47. The Morgan fingerprint density at radius 1 is 1.05 bits per heavy atom. The van der Waals surface area contributed by atoms with Crippen molar-refractivity contribution >= 4 is 34.5 Å². The van der Waals surface area contributed by atoms with Crippen LogP contribution in [0.1, 0.15) is 31.0 Å². The largest absolute Gasteiger partial charge is 0.507 e. The molecule has 0 aliphatic carbocycles. The first kappa shape index (κ1) is 26.2. The van der Waals surface area contributed by atoms with Crippen LogP contribution >= 0.6 is 0 Å². The molecule has 2 heterocycles. The van der Waals surface area contributed by atoms with Gasteiger partial charge in [-0.3, -0.25) is 14.5 Å². The lowest BCUT2D eigenvalue weighted by molar-refractivity contribution is -0.132. The molecule has 3 aromatic rings. The Bertz CT molecular complexity index is 1440. The molecular formula is C31H33N3O5. The second-order valence-corrected chi connectivity index (χ2v) is 10.3. The first-order valence-electron chi connectivity index (χ1n) is 13.0. The predicted octanol–water partition coefficient (Wildman–Crippen LogP) is 4.99. The summed E-state index contributed by atoms with van der Waals surface area (Å²) in [5.41, 5.74) is 3.44. The monoisotopic (exact) mass is 527 g/mol. The summed E-state index contributed by atoms with van der Waals surface area (Å²) in [4.78, 5) is 32.6. The molecule has 1 saturated heterocycles. The van der Waals surface area contributed by atoms with Crippen molar-refractivity contribution in [2.24, 2.45) is 0 Å². The lowest BCUT2D eigenvalue weighted by atomic mass is 9.94. The number of likely N-dealkylation sites (N-methyl/N-ethyl adjacent to an activating group) is 1. The van der Waals surface area contributed by atoms with E-state index in [0.29, 0.717) is 41.5 Å². The SMILES string of the molecule is CC(C)Oc1cccc(C2/C(=C(/O)c3ccc4c(c3)N(C)CCO4)C(=O)C(=O)N2c2ccc(N(C)C)cc2)c1. The molecule has 8 nitrogen and oxygen atoms in total. The number of carbonyl (C=O) groups is 2. The predicted molar refractivity (Wildman–Crippen MR) is 153 cm³/mol. The highest BCUT2D eigenvalue weighted by atomic mass is 16.5. The molecule has 1 amide bonds. The number of benzene rings is 3. The number of fused-ring (bicyclic) bond motifs is 1. The molecule has 1 unspecified atom stereocenters. The number of aliphatic hydroxyl groups is 1. The lowest BCUT2D eigenvalue weighted by Crippen LogP contribution is -2.29. The van der Waals surface area contributed by atoms with Crippen LogP contribution in [-0.4, -0.2) is 57.2 Å². The van der Waals surface area contributed by atoms with E-state index in [1.54, 1.807) is 18.2 Å². The minimum Gasteiger partial charge on any atom is -0.507 e. The van der Waals surface area contributed by atoms with Gasteiger partial charge in [-0.1, -0.05) is 12.1 Å². The summed E-state index contributed by atoms with van der Waals surface area (Å²) < 4.78 is 11.7. The van der Waals surface area contributed by atoms with Gasteiger partial charge in [0.25, 0.3) is 11.7 Å². The highest BCUT2D eigenvalue weighted by molar-refractivity contribution is 6.51. The Hall–Kier alpha value is -4.46. The standard InChI is InChI=1S/C31H33N3O5/c1-19(2)39-24-8-6-7-20(17-24)28-27(29(35)21-9-14-26-25(18-21)33(5)15-16-38-26)30(36)31(37)34(28)23-12-10-22(11-13-23)32(3)4/h6-14,17-19,28,35H,15-16H2,1-5H3/b29-27-. The molecule has 39 heavy (non-hydrogen) atoms. The molecule has 0 radical (unpaired) electrons. The van der Waals surface area contributed by atoms with E-state index in [1.165, 1.54) is 4.90 Å². The second-order valence-electron chi connectivity index (χ2n) is 10.3. The molecule has 2 aliphatic heterocycles. The molecule has 5 rings (SSSR count). The number of carbonyl (C=O) groups excluding carboxylic acids is 2. The van der Waals surface area contributed by atoms with Gasteiger partial charge >= 0.3 is 0 Å². The van der Waals surface area contributed by atoms with E-state index in [0.717, 1.165) is 11.4 Å². The van der Waals surface area contributed by atoms with Gasteiger partial charge in [-0.2, -0.15) is 0 Å². The topological polar surface area (TPSA) is 82.5 Å². The Kier molecular flexibility index (Phi) is 6.95. The van der Waals surface area contributed by atoms with Gasteiger partial charge in [0.2, 0.25) is 0 Å². The minimum absolute atomic E-state index is 0.0257.